The third-order valence-corrected chi connectivity index (χ3v) is 3.65. The van der Waals surface area contributed by atoms with Crippen molar-refractivity contribution < 1.29 is 9.47 Å². The molecule has 0 heterocycles. The number of benzene rings is 1. The van der Waals surface area contributed by atoms with Gasteiger partial charge in [-0.3, -0.25) is 0 Å². The van der Waals surface area contributed by atoms with Crippen molar-refractivity contribution in [2.75, 3.05) is 19.8 Å². The third kappa shape index (κ3) is 8.57. The largest absolute Gasteiger partial charge is 0.379 e. The van der Waals surface area contributed by atoms with Crippen LogP contribution in [0.1, 0.15) is 38.8 Å². The first-order valence-corrected chi connectivity index (χ1v) is 8.44. The molecule has 4 heteroatoms. The Balaban J connectivity index is 2.29. The predicted molar refractivity (Wildman–Crippen MR) is 91.4 cm³/mol. The summed E-state index contributed by atoms with van der Waals surface area (Å²) < 4.78 is 12.2. The van der Waals surface area contributed by atoms with Crippen molar-refractivity contribution in [3.63, 3.8) is 0 Å². The zero-order valence-electron chi connectivity index (χ0n) is 13.6. The molecule has 0 aromatic heterocycles. The van der Waals surface area contributed by atoms with Gasteiger partial charge in [-0.1, -0.05) is 55.8 Å². The van der Waals surface area contributed by atoms with E-state index in [4.69, 9.17) is 9.47 Å². The van der Waals surface area contributed by atoms with Crippen LogP contribution in [-0.2, 0) is 22.6 Å². The van der Waals surface area contributed by atoms with Crippen molar-refractivity contribution in [1.82, 2.24) is 5.32 Å². The van der Waals surface area contributed by atoms with Gasteiger partial charge in [-0.05, 0) is 23.1 Å². The molecule has 120 valence electrons. The second kappa shape index (κ2) is 10.3. The molecule has 0 aliphatic heterocycles. The summed E-state index contributed by atoms with van der Waals surface area (Å²) in [5.41, 5.74) is 2.45. The van der Waals surface area contributed by atoms with Crippen molar-refractivity contribution in [3.05, 3.63) is 33.8 Å². The first-order valence-electron chi connectivity index (χ1n) is 7.65. The SMILES string of the molecule is CC(C)COCCOCc1ccc(CNC(C)C)cc1Br. The molecule has 0 saturated carbocycles. The fraction of sp³-hybridized carbons (Fsp3) is 0.647. The van der Waals surface area contributed by atoms with Crippen LogP contribution in [0.4, 0.5) is 0 Å². The summed E-state index contributed by atoms with van der Waals surface area (Å²) in [5.74, 6) is 0.575. The summed E-state index contributed by atoms with van der Waals surface area (Å²) in [6, 6.07) is 6.92. The molecule has 0 atom stereocenters. The van der Waals surface area contributed by atoms with Crippen LogP contribution in [0.5, 0.6) is 0 Å². The second-order valence-electron chi connectivity index (χ2n) is 5.98. The molecule has 21 heavy (non-hydrogen) atoms. The van der Waals surface area contributed by atoms with E-state index in [0.717, 1.165) is 17.6 Å². The number of hydrogen-bond acceptors (Lipinski definition) is 3. The summed E-state index contributed by atoms with van der Waals surface area (Å²) in [7, 11) is 0. The highest BCUT2D eigenvalue weighted by molar-refractivity contribution is 9.10. The highest BCUT2D eigenvalue weighted by Crippen LogP contribution is 2.19. The maximum absolute atomic E-state index is 5.65. The van der Waals surface area contributed by atoms with Gasteiger partial charge in [0.25, 0.3) is 0 Å². The van der Waals surface area contributed by atoms with Gasteiger partial charge in [0, 0.05) is 23.7 Å². The van der Waals surface area contributed by atoms with E-state index in [0.29, 0.717) is 31.8 Å². The van der Waals surface area contributed by atoms with E-state index >= 15 is 0 Å². The molecular weight excluding hydrogens is 330 g/mol. The van der Waals surface area contributed by atoms with Gasteiger partial charge in [-0.15, -0.1) is 0 Å². The fourth-order valence-electron chi connectivity index (χ4n) is 1.76. The number of halogens is 1. The molecule has 0 radical (unpaired) electrons. The summed E-state index contributed by atoms with van der Waals surface area (Å²) in [4.78, 5) is 0. The molecule has 1 rings (SSSR count). The lowest BCUT2D eigenvalue weighted by molar-refractivity contribution is 0.0313. The van der Waals surface area contributed by atoms with Gasteiger partial charge >= 0.3 is 0 Å². The monoisotopic (exact) mass is 357 g/mol. The van der Waals surface area contributed by atoms with E-state index in [9.17, 15) is 0 Å². The molecule has 1 aromatic carbocycles. The molecule has 0 spiro atoms. The van der Waals surface area contributed by atoms with Crippen LogP contribution < -0.4 is 5.32 Å². The van der Waals surface area contributed by atoms with Crippen LogP contribution in [0.15, 0.2) is 22.7 Å². The summed E-state index contributed by atoms with van der Waals surface area (Å²) in [6.07, 6.45) is 0. The standard InChI is InChI=1S/C17H28BrNO2/c1-13(2)11-20-7-8-21-12-16-6-5-15(9-17(16)18)10-19-14(3)4/h5-6,9,13-14,19H,7-8,10-12H2,1-4H3. The average molecular weight is 358 g/mol. The molecule has 0 aliphatic rings. The maximum atomic E-state index is 5.65. The first-order chi connectivity index (χ1) is 9.99. The van der Waals surface area contributed by atoms with E-state index in [1.807, 2.05) is 0 Å². The van der Waals surface area contributed by atoms with Crippen molar-refractivity contribution in [2.24, 2.45) is 5.92 Å². The van der Waals surface area contributed by atoms with Crippen LogP contribution in [0.2, 0.25) is 0 Å². The Morgan fingerprint density at radius 2 is 1.81 bits per heavy atom. The summed E-state index contributed by atoms with van der Waals surface area (Å²) >= 11 is 3.62. The smallest absolute Gasteiger partial charge is 0.0728 e. The zero-order valence-corrected chi connectivity index (χ0v) is 15.2. The van der Waals surface area contributed by atoms with Crippen LogP contribution >= 0.6 is 15.9 Å². The topological polar surface area (TPSA) is 30.5 Å². The second-order valence-corrected chi connectivity index (χ2v) is 6.84. The Kier molecular flexibility index (Phi) is 9.16. The Morgan fingerprint density at radius 1 is 1.10 bits per heavy atom. The Hall–Kier alpha value is -0.420. The van der Waals surface area contributed by atoms with Gasteiger partial charge in [0.05, 0.1) is 19.8 Å². The normalized spacial score (nSPS) is 11.6. The molecule has 1 N–H and O–H groups in total. The Morgan fingerprint density at radius 3 is 2.43 bits per heavy atom. The highest BCUT2D eigenvalue weighted by Gasteiger charge is 2.03. The van der Waals surface area contributed by atoms with Gasteiger partial charge in [0.1, 0.15) is 0 Å². The number of rotatable bonds is 10. The molecule has 1 aromatic rings. The van der Waals surface area contributed by atoms with Crippen molar-refractivity contribution in [1.29, 1.82) is 0 Å². The van der Waals surface area contributed by atoms with Crippen molar-refractivity contribution >= 4 is 15.9 Å². The maximum Gasteiger partial charge on any atom is 0.0728 e. The minimum atomic E-state index is 0.498. The van der Waals surface area contributed by atoms with Gasteiger partial charge in [-0.2, -0.15) is 0 Å². The molecule has 0 aliphatic carbocycles. The van der Waals surface area contributed by atoms with Crippen LogP contribution in [0.3, 0.4) is 0 Å². The number of hydrogen-bond donors (Lipinski definition) is 1. The van der Waals surface area contributed by atoms with E-state index in [-0.39, 0.29) is 0 Å². The summed E-state index contributed by atoms with van der Waals surface area (Å²) in [5, 5.41) is 3.42. The van der Waals surface area contributed by atoms with Crippen LogP contribution in [0, 0.1) is 5.92 Å². The van der Waals surface area contributed by atoms with E-state index in [1.54, 1.807) is 0 Å². The van der Waals surface area contributed by atoms with E-state index in [2.05, 4.69) is 67.1 Å². The minimum absolute atomic E-state index is 0.498. The average Bonchev–Trinajstić information content (AvgIpc) is 2.41. The lowest BCUT2D eigenvalue weighted by Crippen LogP contribution is -2.21. The quantitative estimate of drug-likeness (QED) is 0.638. The van der Waals surface area contributed by atoms with Gasteiger partial charge in [-0.25, -0.2) is 0 Å². The lowest BCUT2D eigenvalue weighted by atomic mass is 10.1. The third-order valence-electron chi connectivity index (χ3n) is 2.91. The molecular formula is C17H28BrNO2. The zero-order chi connectivity index (χ0) is 15.7. The molecule has 0 amide bonds. The summed E-state index contributed by atoms with van der Waals surface area (Å²) in [6.45, 7) is 12.2. The molecule has 0 bridgehead atoms. The van der Waals surface area contributed by atoms with Gasteiger partial charge in [0.15, 0.2) is 0 Å². The first kappa shape index (κ1) is 18.6. The molecule has 3 nitrogen and oxygen atoms in total. The predicted octanol–water partition coefficient (Wildman–Crippen LogP) is 4.14. The van der Waals surface area contributed by atoms with Crippen LogP contribution in [0.25, 0.3) is 0 Å². The Labute approximate surface area is 137 Å². The van der Waals surface area contributed by atoms with Crippen LogP contribution in [-0.4, -0.2) is 25.9 Å². The van der Waals surface area contributed by atoms with E-state index in [1.165, 1.54) is 11.1 Å². The Bertz CT molecular complexity index is 408. The van der Waals surface area contributed by atoms with Crippen molar-refractivity contribution in [3.8, 4) is 0 Å². The molecule has 0 unspecified atom stereocenters. The highest BCUT2D eigenvalue weighted by atomic mass is 79.9. The van der Waals surface area contributed by atoms with Crippen molar-refractivity contribution in [2.45, 2.75) is 46.9 Å². The number of nitrogens with one attached hydrogen (secondary N) is 1. The fourth-order valence-corrected chi connectivity index (χ4v) is 2.30. The van der Waals surface area contributed by atoms with E-state index < -0.39 is 0 Å². The molecule has 0 saturated heterocycles. The molecule has 0 fully saturated rings. The lowest BCUT2D eigenvalue weighted by Gasteiger charge is -2.11. The van der Waals surface area contributed by atoms with Gasteiger partial charge < -0.3 is 14.8 Å². The van der Waals surface area contributed by atoms with Gasteiger partial charge in [0.2, 0.25) is 0 Å². The minimum Gasteiger partial charge on any atom is -0.379 e. The number of ether oxygens (including phenoxy) is 2.